The van der Waals surface area contributed by atoms with E-state index in [1.54, 1.807) is 25.6 Å². The van der Waals surface area contributed by atoms with Crippen molar-refractivity contribution in [2.24, 2.45) is 33.8 Å². The maximum absolute atomic E-state index is 13.1. The summed E-state index contributed by atoms with van der Waals surface area (Å²) in [6.07, 6.45) is 4.30. The molecule has 36 heavy (non-hydrogen) atoms. The standard InChI is InChI=1S/C22H44N8O5S/c1-13(2)17(20(33)29-16(21(34)35)7-4-5-10-23)30-19(32)15(8-6-11-27-22(25)26)28-18(31)14(24)9-12-36-3/h13-17H,4-12,23-24H2,1-3H3,(H,28,31)(H,29,33)(H,30,32)(H,34,35)(H4,25,26,27). The normalized spacial score (nSPS) is 14.3. The van der Waals surface area contributed by atoms with Crippen LogP contribution in [0.1, 0.15) is 52.4 Å². The summed E-state index contributed by atoms with van der Waals surface area (Å²) in [6, 6.07) is -3.90. The van der Waals surface area contributed by atoms with Crippen molar-refractivity contribution < 1.29 is 24.3 Å². The van der Waals surface area contributed by atoms with E-state index in [0.29, 0.717) is 38.0 Å². The van der Waals surface area contributed by atoms with E-state index in [9.17, 15) is 24.3 Å². The summed E-state index contributed by atoms with van der Waals surface area (Å²) in [5, 5.41) is 17.3. The Morgan fingerprint density at radius 2 is 1.50 bits per heavy atom. The van der Waals surface area contributed by atoms with Crippen LogP contribution in [-0.2, 0) is 19.2 Å². The first kappa shape index (κ1) is 33.4. The second-order valence-corrected chi connectivity index (χ2v) is 9.80. The van der Waals surface area contributed by atoms with Crippen LogP contribution in [0.2, 0.25) is 0 Å². The summed E-state index contributed by atoms with van der Waals surface area (Å²) in [4.78, 5) is 54.1. The number of hydrogen-bond donors (Lipinski definition) is 8. The van der Waals surface area contributed by atoms with Gasteiger partial charge in [0.2, 0.25) is 17.7 Å². The lowest BCUT2D eigenvalue weighted by Crippen LogP contribution is -2.58. The van der Waals surface area contributed by atoms with Gasteiger partial charge in [-0.25, -0.2) is 4.79 Å². The number of carbonyl (C=O) groups excluding carboxylic acids is 3. The van der Waals surface area contributed by atoms with Gasteiger partial charge in [-0.1, -0.05) is 13.8 Å². The molecule has 0 aliphatic carbocycles. The monoisotopic (exact) mass is 532 g/mol. The van der Waals surface area contributed by atoms with Crippen LogP contribution in [0.5, 0.6) is 0 Å². The highest BCUT2D eigenvalue weighted by Crippen LogP contribution is 2.08. The zero-order chi connectivity index (χ0) is 27.7. The lowest BCUT2D eigenvalue weighted by atomic mass is 10.0. The Labute approximate surface area is 217 Å². The summed E-state index contributed by atoms with van der Waals surface area (Å²) >= 11 is 1.55. The average Bonchev–Trinajstić information content (AvgIpc) is 2.81. The molecule has 0 aromatic carbocycles. The van der Waals surface area contributed by atoms with Crippen LogP contribution < -0.4 is 38.9 Å². The highest BCUT2D eigenvalue weighted by atomic mass is 32.2. The summed E-state index contributed by atoms with van der Waals surface area (Å²) in [6.45, 7) is 4.11. The first-order chi connectivity index (χ1) is 16.9. The second-order valence-electron chi connectivity index (χ2n) is 8.81. The molecular formula is C22H44N8O5S. The van der Waals surface area contributed by atoms with Gasteiger partial charge >= 0.3 is 5.97 Å². The van der Waals surface area contributed by atoms with E-state index in [4.69, 9.17) is 22.9 Å². The molecule has 0 bridgehead atoms. The molecule has 12 N–H and O–H groups in total. The number of nitrogens with zero attached hydrogens (tertiary/aromatic N) is 1. The van der Waals surface area contributed by atoms with Crippen molar-refractivity contribution in [3.05, 3.63) is 0 Å². The van der Waals surface area contributed by atoms with Crippen molar-refractivity contribution in [2.75, 3.05) is 25.1 Å². The fraction of sp³-hybridized carbons (Fsp3) is 0.773. The number of guanidine groups is 1. The van der Waals surface area contributed by atoms with Gasteiger partial charge in [0.1, 0.15) is 18.1 Å². The summed E-state index contributed by atoms with van der Waals surface area (Å²) in [5.41, 5.74) is 22.1. The van der Waals surface area contributed by atoms with Gasteiger partial charge in [0.15, 0.2) is 5.96 Å². The molecule has 0 aromatic rings. The van der Waals surface area contributed by atoms with Crippen LogP contribution in [0.4, 0.5) is 0 Å². The van der Waals surface area contributed by atoms with E-state index in [1.807, 2.05) is 6.26 Å². The second kappa shape index (κ2) is 18.7. The Kier molecular flexibility index (Phi) is 17.3. The van der Waals surface area contributed by atoms with Crippen LogP contribution >= 0.6 is 11.8 Å². The molecule has 0 saturated heterocycles. The molecule has 0 aliphatic rings. The van der Waals surface area contributed by atoms with Crippen molar-refractivity contribution in [2.45, 2.75) is 76.5 Å². The minimum Gasteiger partial charge on any atom is -0.480 e. The molecule has 13 nitrogen and oxygen atoms in total. The van der Waals surface area contributed by atoms with E-state index in [0.717, 1.165) is 0 Å². The number of carbonyl (C=O) groups is 4. The third-order valence-electron chi connectivity index (χ3n) is 5.36. The number of amides is 3. The van der Waals surface area contributed by atoms with Gasteiger partial charge in [-0.2, -0.15) is 11.8 Å². The smallest absolute Gasteiger partial charge is 0.326 e. The molecule has 14 heteroatoms. The van der Waals surface area contributed by atoms with Crippen molar-refractivity contribution in [3.8, 4) is 0 Å². The van der Waals surface area contributed by atoms with Gasteiger partial charge in [0.05, 0.1) is 6.04 Å². The number of hydrogen-bond acceptors (Lipinski definition) is 8. The Bertz CT molecular complexity index is 733. The molecule has 4 unspecified atom stereocenters. The van der Waals surface area contributed by atoms with E-state index >= 15 is 0 Å². The Morgan fingerprint density at radius 3 is 2.03 bits per heavy atom. The zero-order valence-electron chi connectivity index (χ0n) is 21.5. The van der Waals surface area contributed by atoms with Crippen LogP contribution in [0.25, 0.3) is 0 Å². The van der Waals surface area contributed by atoms with E-state index < -0.39 is 47.9 Å². The molecule has 3 amide bonds. The van der Waals surface area contributed by atoms with Crippen LogP contribution in [0.15, 0.2) is 4.99 Å². The molecule has 0 aliphatic heterocycles. The molecular weight excluding hydrogens is 488 g/mol. The highest BCUT2D eigenvalue weighted by Gasteiger charge is 2.31. The summed E-state index contributed by atoms with van der Waals surface area (Å²) in [7, 11) is 0. The van der Waals surface area contributed by atoms with Crippen molar-refractivity contribution in [1.29, 1.82) is 0 Å². The maximum atomic E-state index is 13.1. The highest BCUT2D eigenvalue weighted by molar-refractivity contribution is 7.98. The fourth-order valence-corrected chi connectivity index (χ4v) is 3.72. The topological polar surface area (TPSA) is 241 Å². The van der Waals surface area contributed by atoms with E-state index in [-0.39, 0.29) is 31.3 Å². The van der Waals surface area contributed by atoms with Gasteiger partial charge in [0.25, 0.3) is 0 Å². The number of unbranched alkanes of at least 4 members (excludes halogenated alkanes) is 1. The third-order valence-corrected chi connectivity index (χ3v) is 6.00. The van der Waals surface area contributed by atoms with Gasteiger partial charge in [0, 0.05) is 6.54 Å². The lowest BCUT2D eigenvalue weighted by Gasteiger charge is -2.27. The van der Waals surface area contributed by atoms with Crippen LogP contribution in [0.3, 0.4) is 0 Å². The van der Waals surface area contributed by atoms with Gasteiger partial charge < -0.3 is 44.0 Å². The van der Waals surface area contributed by atoms with Gasteiger partial charge in [-0.3, -0.25) is 19.4 Å². The molecule has 0 radical (unpaired) electrons. The molecule has 0 spiro atoms. The number of rotatable bonds is 19. The Hall–Kier alpha value is -2.58. The predicted molar refractivity (Wildman–Crippen MR) is 142 cm³/mol. The number of aliphatic imine (C=N–C) groups is 1. The maximum Gasteiger partial charge on any atom is 0.326 e. The van der Waals surface area contributed by atoms with Crippen molar-refractivity contribution >= 4 is 41.4 Å². The van der Waals surface area contributed by atoms with Crippen molar-refractivity contribution in [1.82, 2.24) is 16.0 Å². The summed E-state index contributed by atoms with van der Waals surface area (Å²) in [5.74, 6) is -2.62. The number of nitrogens with two attached hydrogens (primary N) is 4. The molecule has 0 rings (SSSR count). The van der Waals surface area contributed by atoms with Crippen LogP contribution in [0, 0.1) is 5.92 Å². The quantitative estimate of drug-likeness (QED) is 0.0540. The minimum atomic E-state index is -1.17. The SMILES string of the molecule is CSCCC(N)C(=O)NC(CCCN=C(N)N)C(=O)NC(C(=O)NC(CCCCN)C(=O)O)C(C)C. The fourth-order valence-electron chi connectivity index (χ4n) is 3.23. The Balaban J connectivity index is 5.45. The first-order valence-corrected chi connectivity index (χ1v) is 13.5. The summed E-state index contributed by atoms with van der Waals surface area (Å²) < 4.78 is 0. The number of carboxylic acids is 1. The Morgan fingerprint density at radius 1 is 0.889 bits per heavy atom. The molecule has 0 aromatic heterocycles. The molecule has 0 heterocycles. The van der Waals surface area contributed by atoms with E-state index in [1.165, 1.54) is 0 Å². The van der Waals surface area contributed by atoms with Crippen molar-refractivity contribution in [3.63, 3.8) is 0 Å². The molecule has 4 atom stereocenters. The molecule has 0 saturated carbocycles. The lowest BCUT2D eigenvalue weighted by molar-refractivity contribution is -0.142. The third kappa shape index (κ3) is 14.1. The van der Waals surface area contributed by atoms with Gasteiger partial charge in [-0.15, -0.1) is 0 Å². The predicted octanol–water partition coefficient (Wildman–Crippen LogP) is -1.56. The minimum absolute atomic E-state index is 0.0879. The molecule has 208 valence electrons. The van der Waals surface area contributed by atoms with Gasteiger partial charge in [-0.05, 0) is 63.0 Å². The number of carboxylic acid groups (broad SMARTS) is 1. The first-order valence-electron chi connectivity index (χ1n) is 12.1. The average molecular weight is 533 g/mol. The number of nitrogens with one attached hydrogen (secondary N) is 3. The largest absolute Gasteiger partial charge is 0.480 e. The van der Waals surface area contributed by atoms with E-state index in [2.05, 4.69) is 20.9 Å². The molecule has 0 fully saturated rings. The zero-order valence-corrected chi connectivity index (χ0v) is 22.3. The number of aliphatic carboxylic acids is 1. The van der Waals surface area contributed by atoms with Crippen LogP contribution in [-0.4, -0.2) is 84.0 Å². The number of thioether (sulfide) groups is 1.